The highest BCUT2D eigenvalue weighted by molar-refractivity contribution is 5.95. The van der Waals surface area contributed by atoms with E-state index in [1.165, 1.54) is 0 Å². The summed E-state index contributed by atoms with van der Waals surface area (Å²) in [6.07, 6.45) is 2.98. The molecule has 3 rings (SSSR count). The van der Waals surface area contributed by atoms with Crippen molar-refractivity contribution >= 4 is 5.78 Å². The topological polar surface area (TPSA) is 50.2 Å². The van der Waals surface area contributed by atoms with Gasteiger partial charge in [-0.25, -0.2) is 4.98 Å². The number of phenols is 1. The van der Waals surface area contributed by atoms with Gasteiger partial charge in [-0.1, -0.05) is 49.7 Å². The van der Waals surface area contributed by atoms with Crippen LogP contribution in [-0.4, -0.2) is 15.9 Å². The average Bonchev–Trinajstić information content (AvgIpc) is 2.66. The molecule has 0 amide bonds. The first kappa shape index (κ1) is 18.8. The number of rotatable bonds is 6. The van der Waals surface area contributed by atoms with Crippen LogP contribution < -0.4 is 0 Å². The number of hydrogen-bond donors (Lipinski definition) is 1. The van der Waals surface area contributed by atoms with Crippen molar-refractivity contribution in [1.82, 2.24) is 4.98 Å². The van der Waals surface area contributed by atoms with Crippen molar-refractivity contribution in [3.05, 3.63) is 71.4 Å². The van der Waals surface area contributed by atoms with Crippen molar-refractivity contribution in [3.8, 4) is 28.1 Å². The lowest BCUT2D eigenvalue weighted by atomic mass is 9.89. The minimum atomic E-state index is -0.0618. The third-order valence-electron chi connectivity index (χ3n) is 4.82. The van der Waals surface area contributed by atoms with Crippen molar-refractivity contribution in [2.45, 2.75) is 40.0 Å². The molecule has 0 radical (unpaired) electrons. The minimum absolute atomic E-state index is 0.0618. The first-order chi connectivity index (χ1) is 13.0. The summed E-state index contributed by atoms with van der Waals surface area (Å²) in [5.74, 6) is 0.134. The van der Waals surface area contributed by atoms with E-state index in [4.69, 9.17) is 4.98 Å². The molecule has 0 aliphatic heterocycles. The van der Waals surface area contributed by atoms with E-state index in [1.54, 1.807) is 19.1 Å². The van der Waals surface area contributed by atoms with E-state index in [0.29, 0.717) is 5.69 Å². The van der Waals surface area contributed by atoms with Gasteiger partial charge in [0.15, 0.2) is 5.78 Å². The molecule has 2 aromatic carbocycles. The fourth-order valence-electron chi connectivity index (χ4n) is 3.37. The largest absolute Gasteiger partial charge is 0.508 e. The molecule has 0 bridgehead atoms. The number of unbranched alkanes of at least 4 members (excludes halogenated alkanes) is 1. The molecule has 0 aliphatic carbocycles. The number of Topliss-reactive ketones (excluding diaryl/α,β-unsaturated/α-hetero) is 1. The van der Waals surface area contributed by atoms with Crippen molar-refractivity contribution in [2.24, 2.45) is 0 Å². The van der Waals surface area contributed by atoms with Gasteiger partial charge in [-0.05, 0) is 60.2 Å². The Labute approximate surface area is 160 Å². The molecule has 0 atom stereocenters. The van der Waals surface area contributed by atoms with Crippen LogP contribution in [0.15, 0.2) is 54.6 Å². The van der Waals surface area contributed by atoms with Gasteiger partial charge in [0.1, 0.15) is 11.4 Å². The molecule has 0 spiro atoms. The minimum Gasteiger partial charge on any atom is -0.508 e. The van der Waals surface area contributed by atoms with Crippen LogP contribution in [0.3, 0.4) is 0 Å². The van der Waals surface area contributed by atoms with Crippen LogP contribution in [0.1, 0.15) is 48.3 Å². The van der Waals surface area contributed by atoms with E-state index >= 15 is 0 Å². The second-order valence-electron chi connectivity index (χ2n) is 6.91. The number of pyridine rings is 1. The summed E-state index contributed by atoms with van der Waals surface area (Å²) in [6.45, 7) is 5.79. The predicted molar refractivity (Wildman–Crippen MR) is 110 cm³/mol. The van der Waals surface area contributed by atoms with Crippen molar-refractivity contribution in [1.29, 1.82) is 0 Å². The lowest BCUT2D eigenvalue weighted by molar-refractivity contribution is 0.101. The Kier molecular flexibility index (Phi) is 5.70. The molecule has 0 unspecified atom stereocenters. The van der Waals surface area contributed by atoms with Gasteiger partial charge < -0.3 is 5.11 Å². The van der Waals surface area contributed by atoms with Crippen molar-refractivity contribution < 1.29 is 9.90 Å². The number of phenolic OH excluding ortho intramolecular Hbond substituents is 1. The second-order valence-corrected chi connectivity index (χ2v) is 6.91. The fraction of sp³-hybridized carbons (Fsp3) is 0.250. The van der Waals surface area contributed by atoms with E-state index in [2.05, 4.69) is 26.0 Å². The molecule has 0 fully saturated rings. The number of carbonyl (C=O) groups is 1. The van der Waals surface area contributed by atoms with Crippen molar-refractivity contribution in [2.75, 3.05) is 0 Å². The maximum atomic E-state index is 12.2. The Hall–Kier alpha value is -2.94. The maximum Gasteiger partial charge on any atom is 0.178 e. The lowest BCUT2D eigenvalue weighted by Gasteiger charge is -2.18. The summed E-state index contributed by atoms with van der Waals surface area (Å²) < 4.78 is 0. The van der Waals surface area contributed by atoms with Gasteiger partial charge >= 0.3 is 0 Å². The maximum absolute atomic E-state index is 12.2. The highest BCUT2D eigenvalue weighted by Gasteiger charge is 2.18. The average molecular weight is 359 g/mol. The fourth-order valence-corrected chi connectivity index (χ4v) is 3.37. The number of carbonyl (C=O) groups excluding carboxylic acids is 1. The summed E-state index contributed by atoms with van der Waals surface area (Å²) >= 11 is 0. The molecule has 0 saturated carbocycles. The number of aromatic nitrogens is 1. The number of aryl methyl sites for hydroxylation is 1. The van der Waals surface area contributed by atoms with Crippen LogP contribution >= 0.6 is 0 Å². The number of ketones is 1. The highest BCUT2D eigenvalue weighted by Crippen LogP contribution is 2.35. The first-order valence-electron chi connectivity index (χ1n) is 9.41. The molecule has 3 heteroatoms. The Balaban J connectivity index is 2.34. The third kappa shape index (κ3) is 4.08. The molecule has 1 heterocycles. The van der Waals surface area contributed by atoms with Crippen LogP contribution in [0.5, 0.6) is 5.75 Å². The summed E-state index contributed by atoms with van der Waals surface area (Å²) in [6, 6.07) is 17.2. The summed E-state index contributed by atoms with van der Waals surface area (Å²) in [7, 11) is 0. The molecule has 1 aromatic heterocycles. The SMILES string of the molecule is CCCCc1c(-c2ccccc2C)cc(C(C)=O)nc1-c1cccc(O)c1. The zero-order chi connectivity index (χ0) is 19.4. The molecule has 138 valence electrons. The summed E-state index contributed by atoms with van der Waals surface area (Å²) in [5.41, 5.74) is 6.53. The van der Waals surface area contributed by atoms with E-state index in [0.717, 1.165) is 52.8 Å². The molecule has 0 saturated heterocycles. The number of nitrogens with zero attached hydrogens (tertiary/aromatic N) is 1. The van der Waals surface area contributed by atoms with Gasteiger partial charge in [0.25, 0.3) is 0 Å². The summed E-state index contributed by atoms with van der Waals surface area (Å²) in [4.78, 5) is 16.9. The monoisotopic (exact) mass is 359 g/mol. The second kappa shape index (κ2) is 8.17. The summed E-state index contributed by atoms with van der Waals surface area (Å²) in [5, 5.41) is 9.96. The van der Waals surface area contributed by atoms with Crippen LogP contribution in [0.2, 0.25) is 0 Å². The van der Waals surface area contributed by atoms with Crippen LogP contribution in [0, 0.1) is 6.92 Å². The molecule has 1 N–H and O–H groups in total. The number of aromatic hydroxyl groups is 1. The van der Waals surface area contributed by atoms with Crippen LogP contribution in [0.4, 0.5) is 0 Å². The zero-order valence-electron chi connectivity index (χ0n) is 16.1. The van der Waals surface area contributed by atoms with Gasteiger partial charge in [0.05, 0.1) is 5.69 Å². The Bertz CT molecular complexity index is 976. The molecular formula is C24H25NO2. The zero-order valence-corrected chi connectivity index (χ0v) is 16.1. The molecule has 27 heavy (non-hydrogen) atoms. The quantitative estimate of drug-likeness (QED) is 0.551. The van der Waals surface area contributed by atoms with Crippen LogP contribution in [0.25, 0.3) is 22.4 Å². The van der Waals surface area contributed by atoms with Gasteiger partial charge in [-0.15, -0.1) is 0 Å². The van der Waals surface area contributed by atoms with E-state index in [1.807, 2.05) is 30.3 Å². The van der Waals surface area contributed by atoms with Gasteiger partial charge in [0.2, 0.25) is 0 Å². The van der Waals surface area contributed by atoms with Gasteiger partial charge in [-0.2, -0.15) is 0 Å². The number of benzene rings is 2. The Morgan fingerprint density at radius 2 is 1.81 bits per heavy atom. The third-order valence-corrected chi connectivity index (χ3v) is 4.82. The normalized spacial score (nSPS) is 10.8. The first-order valence-corrected chi connectivity index (χ1v) is 9.41. The molecule has 3 aromatic rings. The number of hydrogen-bond acceptors (Lipinski definition) is 3. The lowest BCUT2D eigenvalue weighted by Crippen LogP contribution is -2.05. The molecular weight excluding hydrogens is 334 g/mol. The van der Waals surface area contributed by atoms with Gasteiger partial charge in [-0.3, -0.25) is 4.79 Å². The van der Waals surface area contributed by atoms with Crippen LogP contribution in [-0.2, 0) is 6.42 Å². The van der Waals surface area contributed by atoms with Crippen molar-refractivity contribution in [3.63, 3.8) is 0 Å². The highest BCUT2D eigenvalue weighted by atomic mass is 16.3. The Morgan fingerprint density at radius 3 is 2.48 bits per heavy atom. The van der Waals surface area contributed by atoms with Gasteiger partial charge in [0, 0.05) is 12.5 Å². The van der Waals surface area contributed by atoms with E-state index < -0.39 is 0 Å². The van der Waals surface area contributed by atoms with E-state index in [-0.39, 0.29) is 11.5 Å². The Morgan fingerprint density at radius 1 is 1.04 bits per heavy atom. The predicted octanol–water partition coefficient (Wildman–Crippen LogP) is 5.97. The smallest absolute Gasteiger partial charge is 0.178 e. The van der Waals surface area contributed by atoms with E-state index in [9.17, 15) is 9.90 Å². The molecule has 0 aliphatic rings. The standard InChI is InChI=1S/C24H25NO2/c1-4-5-12-21-22(20-13-7-6-9-16(20)2)15-23(17(3)26)25-24(21)18-10-8-11-19(27)14-18/h6-11,13-15,27H,4-5,12H2,1-3H3. The molecule has 3 nitrogen and oxygen atoms in total.